The first-order chi connectivity index (χ1) is 13.2. The van der Waals surface area contributed by atoms with Crippen molar-refractivity contribution in [2.45, 2.75) is 12.5 Å². The third-order valence-electron chi connectivity index (χ3n) is 4.14. The lowest BCUT2D eigenvalue weighted by molar-refractivity contribution is -0.122. The van der Waals surface area contributed by atoms with Crippen molar-refractivity contribution >= 4 is 29.0 Å². The molecule has 1 aliphatic heterocycles. The Hall–Kier alpha value is -3.75. The van der Waals surface area contributed by atoms with Crippen molar-refractivity contribution in [1.82, 2.24) is 25.3 Å². The molecule has 27 heavy (non-hydrogen) atoms. The van der Waals surface area contributed by atoms with Gasteiger partial charge in [-0.3, -0.25) is 14.3 Å². The van der Waals surface area contributed by atoms with Crippen molar-refractivity contribution in [2.24, 2.45) is 0 Å². The maximum atomic E-state index is 12.2. The summed E-state index contributed by atoms with van der Waals surface area (Å²) in [4.78, 5) is 23.9. The van der Waals surface area contributed by atoms with E-state index in [1.54, 1.807) is 41.3 Å². The topological polar surface area (TPSA) is 114 Å². The Morgan fingerprint density at radius 1 is 1.11 bits per heavy atom. The summed E-state index contributed by atoms with van der Waals surface area (Å²) in [6, 6.07) is 12.1. The molecule has 0 aliphatic carbocycles. The lowest BCUT2D eigenvalue weighted by atomic mass is 10.2. The number of aromatic nitrogens is 4. The van der Waals surface area contributed by atoms with Gasteiger partial charge in [0.25, 0.3) is 5.91 Å². The van der Waals surface area contributed by atoms with Crippen LogP contribution in [-0.2, 0) is 4.79 Å². The number of anilines is 3. The van der Waals surface area contributed by atoms with Crippen molar-refractivity contribution < 1.29 is 9.59 Å². The summed E-state index contributed by atoms with van der Waals surface area (Å²) in [7, 11) is 0. The monoisotopic (exact) mass is 363 g/mol. The molecule has 0 saturated carbocycles. The van der Waals surface area contributed by atoms with Crippen LogP contribution < -0.4 is 16.0 Å². The summed E-state index contributed by atoms with van der Waals surface area (Å²) in [5, 5.41) is 20.8. The van der Waals surface area contributed by atoms with Crippen LogP contribution in [0.4, 0.5) is 17.2 Å². The van der Waals surface area contributed by atoms with E-state index in [0.717, 1.165) is 0 Å². The Morgan fingerprint density at radius 2 is 1.96 bits per heavy atom. The van der Waals surface area contributed by atoms with Crippen molar-refractivity contribution in [2.75, 3.05) is 17.2 Å². The lowest BCUT2D eigenvalue weighted by Gasteiger charge is -2.06. The van der Waals surface area contributed by atoms with E-state index in [-0.39, 0.29) is 23.6 Å². The first kappa shape index (κ1) is 16.7. The van der Waals surface area contributed by atoms with E-state index < -0.39 is 0 Å². The van der Waals surface area contributed by atoms with E-state index >= 15 is 0 Å². The van der Waals surface area contributed by atoms with Gasteiger partial charge in [-0.05, 0) is 30.7 Å². The molecule has 3 aromatic rings. The predicted molar refractivity (Wildman–Crippen MR) is 98.6 cm³/mol. The number of carbonyl (C=O) groups excluding carboxylic acids is 2. The zero-order valence-electron chi connectivity index (χ0n) is 14.3. The zero-order chi connectivity index (χ0) is 18.6. The average Bonchev–Trinajstić information content (AvgIpc) is 3.32. The SMILES string of the molecule is O=C(Nc1ccccc1)c1ccc(Nc2cnn(C3CCNC3=O)c2)nn1. The quantitative estimate of drug-likeness (QED) is 0.636. The minimum absolute atomic E-state index is 0.0294. The minimum Gasteiger partial charge on any atom is -0.354 e. The van der Waals surface area contributed by atoms with Crippen LogP contribution in [-0.4, -0.2) is 38.3 Å². The molecule has 9 heteroatoms. The molecule has 4 rings (SSSR count). The van der Waals surface area contributed by atoms with Crippen LogP contribution in [0.2, 0.25) is 0 Å². The van der Waals surface area contributed by atoms with Crippen molar-refractivity contribution in [1.29, 1.82) is 0 Å². The first-order valence-corrected chi connectivity index (χ1v) is 8.48. The highest BCUT2D eigenvalue weighted by molar-refractivity contribution is 6.02. The van der Waals surface area contributed by atoms with Gasteiger partial charge in [-0.1, -0.05) is 18.2 Å². The standard InChI is InChI=1S/C18H17N7O2/c26-17(22-12-4-2-1-3-5-12)14-6-7-16(24-23-14)21-13-10-20-25(11-13)15-8-9-19-18(15)27/h1-7,10-11,15H,8-9H2,(H,19,27)(H,21,24)(H,22,26). The molecular weight excluding hydrogens is 346 g/mol. The highest BCUT2D eigenvalue weighted by atomic mass is 16.2. The molecule has 1 unspecified atom stereocenters. The molecule has 1 saturated heterocycles. The van der Waals surface area contributed by atoms with Crippen LogP contribution in [0.1, 0.15) is 23.0 Å². The van der Waals surface area contributed by atoms with Gasteiger partial charge < -0.3 is 16.0 Å². The van der Waals surface area contributed by atoms with E-state index in [4.69, 9.17) is 0 Å². The molecule has 0 spiro atoms. The van der Waals surface area contributed by atoms with Gasteiger partial charge in [0.1, 0.15) is 6.04 Å². The van der Waals surface area contributed by atoms with Crippen LogP contribution >= 0.6 is 0 Å². The number of para-hydroxylation sites is 1. The Kier molecular flexibility index (Phi) is 4.48. The van der Waals surface area contributed by atoms with Gasteiger partial charge in [0.2, 0.25) is 5.91 Å². The summed E-state index contributed by atoms with van der Waals surface area (Å²) < 4.78 is 1.62. The number of nitrogens with zero attached hydrogens (tertiary/aromatic N) is 4. The Balaban J connectivity index is 1.40. The Labute approximate surface area is 154 Å². The van der Waals surface area contributed by atoms with Crippen molar-refractivity contribution in [3.8, 4) is 0 Å². The molecule has 1 atom stereocenters. The second-order valence-electron chi connectivity index (χ2n) is 6.05. The van der Waals surface area contributed by atoms with E-state index in [9.17, 15) is 9.59 Å². The molecule has 3 N–H and O–H groups in total. The number of amides is 2. The van der Waals surface area contributed by atoms with Gasteiger partial charge in [-0.15, -0.1) is 10.2 Å². The lowest BCUT2D eigenvalue weighted by Crippen LogP contribution is -2.22. The second-order valence-corrected chi connectivity index (χ2v) is 6.05. The molecule has 1 fully saturated rings. The number of nitrogens with one attached hydrogen (secondary N) is 3. The van der Waals surface area contributed by atoms with Crippen LogP contribution in [0, 0.1) is 0 Å². The summed E-state index contributed by atoms with van der Waals surface area (Å²) in [6.07, 6.45) is 4.07. The number of hydrogen-bond acceptors (Lipinski definition) is 6. The number of rotatable bonds is 5. The highest BCUT2D eigenvalue weighted by Gasteiger charge is 2.26. The van der Waals surface area contributed by atoms with Crippen LogP contribution in [0.5, 0.6) is 0 Å². The third-order valence-corrected chi connectivity index (χ3v) is 4.14. The third kappa shape index (κ3) is 3.76. The largest absolute Gasteiger partial charge is 0.354 e. The molecule has 0 bridgehead atoms. The summed E-state index contributed by atoms with van der Waals surface area (Å²) >= 11 is 0. The van der Waals surface area contributed by atoms with Gasteiger partial charge in [-0.25, -0.2) is 0 Å². The van der Waals surface area contributed by atoms with E-state index in [1.165, 1.54) is 0 Å². The molecule has 2 amide bonds. The summed E-state index contributed by atoms with van der Waals surface area (Å²) in [5.74, 6) is 0.111. The molecule has 2 aromatic heterocycles. The van der Waals surface area contributed by atoms with Crippen LogP contribution in [0.3, 0.4) is 0 Å². The van der Waals surface area contributed by atoms with Gasteiger partial charge in [0.15, 0.2) is 11.5 Å². The number of benzene rings is 1. The minimum atomic E-state index is -0.333. The maximum absolute atomic E-state index is 12.2. The smallest absolute Gasteiger partial charge is 0.276 e. The summed E-state index contributed by atoms with van der Waals surface area (Å²) in [5.41, 5.74) is 1.59. The fraction of sp³-hybridized carbons (Fsp3) is 0.167. The first-order valence-electron chi connectivity index (χ1n) is 8.48. The van der Waals surface area contributed by atoms with Crippen molar-refractivity contribution in [3.63, 3.8) is 0 Å². The zero-order valence-corrected chi connectivity index (χ0v) is 14.3. The average molecular weight is 363 g/mol. The molecule has 136 valence electrons. The fourth-order valence-electron chi connectivity index (χ4n) is 2.79. The van der Waals surface area contributed by atoms with Crippen molar-refractivity contribution in [3.05, 3.63) is 60.6 Å². The Bertz CT molecular complexity index is 953. The van der Waals surface area contributed by atoms with Gasteiger partial charge >= 0.3 is 0 Å². The molecular formula is C18H17N7O2. The molecule has 1 aromatic carbocycles. The number of carbonyl (C=O) groups is 2. The normalized spacial score (nSPS) is 16.0. The predicted octanol–water partition coefficient (Wildman–Crippen LogP) is 1.73. The molecule has 9 nitrogen and oxygen atoms in total. The van der Waals surface area contributed by atoms with Crippen LogP contribution in [0.25, 0.3) is 0 Å². The maximum Gasteiger partial charge on any atom is 0.276 e. The van der Waals surface area contributed by atoms with Gasteiger partial charge in [-0.2, -0.15) is 5.10 Å². The van der Waals surface area contributed by atoms with E-state index in [1.807, 2.05) is 18.2 Å². The van der Waals surface area contributed by atoms with E-state index in [2.05, 4.69) is 31.2 Å². The van der Waals surface area contributed by atoms with Gasteiger partial charge in [0.05, 0.1) is 11.9 Å². The summed E-state index contributed by atoms with van der Waals surface area (Å²) in [6.45, 7) is 0.657. The fourth-order valence-corrected chi connectivity index (χ4v) is 2.79. The molecule has 0 radical (unpaired) electrons. The van der Waals surface area contributed by atoms with Crippen LogP contribution in [0.15, 0.2) is 54.9 Å². The molecule has 3 heterocycles. The Morgan fingerprint density at radius 3 is 2.67 bits per heavy atom. The highest BCUT2D eigenvalue weighted by Crippen LogP contribution is 2.19. The molecule has 1 aliphatic rings. The van der Waals surface area contributed by atoms with Gasteiger partial charge in [0, 0.05) is 18.4 Å². The second kappa shape index (κ2) is 7.24. The number of hydrogen-bond donors (Lipinski definition) is 3. The van der Waals surface area contributed by atoms with E-state index in [0.29, 0.717) is 30.2 Å².